The minimum Gasteiger partial charge on any atom is -0.350 e. The first-order valence-corrected chi connectivity index (χ1v) is 9.44. The van der Waals surface area contributed by atoms with Crippen LogP contribution in [0.15, 0.2) is 12.3 Å². The van der Waals surface area contributed by atoms with Gasteiger partial charge in [-0.05, 0) is 32.8 Å². The van der Waals surface area contributed by atoms with E-state index in [-0.39, 0.29) is 30.3 Å². The van der Waals surface area contributed by atoms with E-state index < -0.39 is 0 Å². The molecule has 1 aliphatic carbocycles. The molecule has 1 saturated carbocycles. The zero-order valence-electron chi connectivity index (χ0n) is 16.3. The van der Waals surface area contributed by atoms with Crippen LogP contribution in [0.5, 0.6) is 0 Å². The third-order valence-electron chi connectivity index (χ3n) is 5.81. The van der Waals surface area contributed by atoms with E-state index in [1.165, 1.54) is 0 Å². The van der Waals surface area contributed by atoms with E-state index in [0.717, 1.165) is 35.5 Å². The first-order valence-electron chi connectivity index (χ1n) is 9.44. The lowest BCUT2D eigenvalue weighted by Gasteiger charge is -2.28. The standard InChI is InChI=1S/C19H26N6O2/c1-11-14(12(2)23(3)22-11)9-17(26)21-15-10-18(27)25(13-5-6-13)19(15)16-7-8-20-24(16)4/h7-8,13,15,19H,5-6,9-10H2,1-4H3,(H,21,26)/t15-,19-/m1/s1. The number of carbonyl (C=O) groups is 2. The highest BCUT2D eigenvalue weighted by molar-refractivity contribution is 5.84. The predicted molar refractivity (Wildman–Crippen MR) is 98.8 cm³/mol. The van der Waals surface area contributed by atoms with Crippen molar-refractivity contribution in [3.8, 4) is 0 Å². The summed E-state index contributed by atoms with van der Waals surface area (Å²) in [4.78, 5) is 27.4. The maximum absolute atomic E-state index is 12.8. The summed E-state index contributed by atoms with van der Waals surface area (Å²) in [5.74, 6) is 0.0413. The summed E-state index contributed by atoms with van der Waals surface area (Å²) in [5.41, 5.74) is 3.78. The van der Waals surface area contributed by atoms with Gasteiger partial charge in [0, 0.05) is 44.0 Å². The SMILES string of the molecule is Cc1nn(C)c(C)c1CC(=O)N[C@@H]1CC(=O)N(C2CC2)[C@H]1c1ccnn1C. The number of carbonyl (C=O) groups excluding carboxylic acids is 2. The quantitative estimate of drug-likeness (QED) is 0.849. The molecule has 2 atom stereocenters. The van der Waals surface area contributed by atoms with E-state index in [9.17, 15) is 9.59 Å². The number of likely N-dealkylation sites (tertiary alicyclic amines) is 1. The van der Waals surface area contributed by atoms with Crippen molar-refractivity contribution in [3.63, 3.8) is 0 Å². The van der Waals surface area contributed by atoms with Gasteiger partial charge >= 0.3 is 0 Å². The Balaban J connectivity index is 1.55. The van der Waals surface area contributed by atoms with Gasteiger partial charge in [0.05, 0.1) is 29.9 Å². The summed E-state index contributed by atoms with van der Waals surface area (Å²) < 4.78 is 3.59. The third kappa shape index (κ3) is 3.13. The average molecular weight is 370 g/mol. The molecule has 27 heavy (non-hydrogen) atoms. The van der Waals surface area contributed by atoms with Crippen molar-refractivity contribution in [2.75, 3.05) is 0 Å². The minimum atomic E-state index is -0.238. The van der Waals surface area contributed by atoms with Crippen LogP contribution in [0.1, 0.15) is 47.9 Å². The van der Waals surface area contributed by atoms with Crippen LogP contribution in [-0.4, -0.2) is 48.4 Å². The van der Waals surface area contributed by atoms with Crippen molar-refractivity contribution in [1.29, 1.82) is 0 Å². The van der Waals surface area contributed by atoms with Crippen molar-refractivity contribution < 1.29 is 9.59 Å². The largest absolute Gasteiger partial charge is 0.350 e. The second-order valence-electron chi connectivity index (χ2n) is 7.68. The number of rotatable bonds is 5. The first kappa shape index (κ1) is 17.8. The molecule has 0 bridgehead atoms. The Morgan fingerprint density at radius 2 is 2.00 bits per heavy atom. The van der Waals surface area contributed by atoms with Gasteiger partial charge in [0.25, 0.3) is 0 Å². The monoisotopic (exact) mass is 370 g/mol. The molecule has 2 fully saturated rings. The highest BCUT2D eigenvalue weighted by Gasteiger charge is 2.48. The molecule has 2 aliphatic rings. The van der Waals surface area contributed by atoms with Crippen LogP contribution < -0.4 is 5.32 Å². The van der Waals surface area contributed by atoms with Crippen LogP contribution in [0.25, 0.3) is 0 Å². The Bertz CT molecular complexity index is 894. The first-order chi connectivity index (χ1) is 12.9. The highest BCUT2D eigenvalue weighted by atomic mass is 16.2. The van der Waals surface area contributed by atoms with E-state index in [4.69, 9.17) is 0 Å². The van der Waals surface area contributed by atoms with Crippen molar-refractivity contribution in [1.82, 2.24) is 29.8 Å². The molecule has 1 aliphatic heterocycles. The molecule has 2 aromatic heterocycles. The minimum absolute atomic E-state index is 0.0724. The molecule has 1 N–H and O–H groups in total. The Hall–Kier alpha value is -2.64. The van der Waals surface area contributed by atoms with Gasteiger partial charge < -0.3 is 10.2 Å². The van der Waals surface area contributed by atoms with Gasteiger partial charge in [0.2, 0.25) is 11.8 Å². The van der Waals surface area contributed by atoms with E-state index in [0.29, 0.717) is 12.5 Å². The molecule has 8 nitrogen and oxygen atoms in total. The van der Waals surface area contributed by atoms with Crippen molar-refractivity contribution >= 4 is 11.8 Å². The van der Waals surface area contributed by atoms with Gasteiger partial charge in [-0.3, -0.25) is 19.0 Å². The van der Waals surface area contributed by atoms with E-state index in [2.05, 4.69) is 15.5 Å². The van der Waals surface area contributed by atoms with Gasteiger partial charge in [0.1, 0.15) is 0 Å². The number of hydrogen-bond acceptors (Lipinski definition) is 4. The molecule has 0 unspecified atom stereocenters. The molecule has 4 rings (SSSR count). The van der Waals surface area contributed by atoms with Crippen molar-refractivity contribution in [2.45, 2.75) is 57.7 Å². The number of aromatic nitrogens is 4. The molecule has 8 heteroatoms. The Labute approximate surface area is 158 Å². The molecule has 0 spiro atoms. The molecule has 3 heterocycles. The molecule has 2 amide bonds. The Kier molecular flexibility index (Phi) is 4.28. The third-order valence-corrected chi connectivity index (χ3v) is 5.81. The zero-order valence-corrected chi connectivity index (χ0v) is 16.3. The summed E-state index contributed by atoms with van der Waals surface area (Å²) in [7, 11) is 3.76. The number of nitrogens with zero attached hydrogens (tertiary/aromatic N) is 5. The summed E-state index contributed by atoms with van der Waals surface area (Å²) in [5, 5.41) is 11.8. The van der Waals surface area contributed by atoms with Gasteiger partial charge in [-0.25, -0.2) is 0 Å². The highest BCUT2D eigenvalue weighted by Crippen LogP contribution is 2.41. The number of hydrogen-bond donors (Lipinski definition) is 1. The Morgan fingerprint density at radius 1 is 1.26 bits per heavy atom. The normalized spacial score (nSPS) is 22.5. The summed E-state index contributed by atoms with van der Waals surface area (Å²) >= 11 is 0. The predicted octanol–water partition coefficient (Wildman–Crippen LogP) is 0.934. The fraction of sp³-hybridized carbons (Fsp3) is 0.579. The van der Waals surface area contributed by atoms with Crippen molar-refractivity contribution in [3.05, 3.63) is 34.9 Å². The Morgan fingerprint density at radius 3 is 2.56 bits per heavy atom. The van der Waals surface area contributed by atoms with Gasteiger partial charge in [-0.15, -0.1) is 0 Å². The van der Waals surface area contributed by atoms with Crippen LogP contribution >= 0.6 is 0 Å². The lowest BCUT2D eigenvalue weighted by atomic mass is 10.0. The fourth-order valence-corrected chi connectivity index (χ4v) is 4.18. The number of aryl methyl sites for hydroxylation is 3. The van der Waals surface area contributed by atoms with Crippen LogP contribution in [0.2, 0.25) is 0 Å². The van der Waals surface area contributed by atoms with Gasteiger partial charge in [-0.2, -0.15) is 10.2 Å². The van der Waals surface area contributed by atoms with Gasteiger partial charge in [-0.1, -0.05) is 0 Å². The fourth-order valence-electron chi connectivity index (χ4n) is 4.18. The second kappa shape index (κ2) is 6.51. The van der Waals surface area contributed by atoms with Crippen LogP contribution in [0, 0.1) is 13.8 Å². The van der Waals surface area contributed by atoms with Gasteiger partial charge in [0.15, 0.2) is 0 Å². The maximum atomic E-state index is 12.8. The smallest absolute Gasteiger partial charge is 0.225 e. The molecule has 1 saturated heterocycles. The summed E-state index contributed by atoms with van der Waals surface area (Å²) in [6, 6.07) is 1.84. The summed E-state index contributed by atoms with van der Waals surface area (Å²) in [6.45, 7) is 3.89. The lowest BCUT2D eigenvalue weighted by molar-refractivity contribution is -0.129. The molecular formula is C19H26N6O2. The molecular weight excluding hydrogens is 344 g/mol. The van der Waals surface area contributed by atoms with Crippen LogP contribution in [0.3, 0.4) is 0 Å². The molecule has 2 aromatic rings. The second-order valence-corrected chi connectivity index (χ2v) is 7.68. The number of amides is 2. The average Bonchev–Trinajstić information content (AvgIpc) is 3.22. The summed E-state index contributed by atoms with van der Waals surface area (Å²) in [6.07, 6.45) is 4.43. The topological polar surface area (TPSA) is 85.1 Å². The molecule has 0 aromatic carbocycles. The van der Waals surface area contributed by atoms with Crippen LogP contribution in [-0.2, 0) is 30.1 Å². The molecule has 144 valence electrons. The van der Waals surface area contributed by atoms with E-state index in [1.807, 2.05) is 38.9 Å². The van der Waals surface area contributed by atoms with E-state index >= 15 is 0 Å². The molecule has 0 radical (unpaired) electrons. The maximum Gasteiger partial charge on any atom is 0.225 e. The van der Waals surface area contributed by atoms with E-state index in [1.54, 1.807) is 15.6 Å². The lowest BCUT2D eigenvalue weighted by Crippen LogP contribution is -2.41. The van der Waals surface area contributed by atoms with Crippen molar-refractivity contribution in [2.24, 2.45) is 14.1 Å². The van der Waals surface area contributed by atoms with Crippen LogP contribution in [0.4, 0.5) is 0 Å². The zero-order chi connectivity index (χ0) is 19.3. The number of nitrogens with one attached hydrogen (secondary N) is 1.